The summed E-state index contributed by atoms with van der Waals surface area (Å²) >= 11 is 12.7. The van der Waals surface area contributed by atoms with E-state index in [0.717, 1.165) is 0 Å². The first-order valence-electron chi connectivity index (χ1n) is 7.42. The molecule has 3 rings (SSSR count). The van der Waals surface area contributed by atoms with Crippen molar-refractivity contribution < 1.29 is 32.4 Å². The molecule has 3 aromatic rings. The Kier molecular flexibility index (Phi) is 6.28. The molecule has 146 valence electrons. The number of benzene rings is 3. The predicted molar refractivity (Wildman–Crippen MR) is 104 cm³/mol. The number of ketones is 1. The summed E-state index contributed by atoms with van der Waals surface area (Å²) in [4.78, 5) is 12.9. The Morgan fingerprint density at radius 2 is 1.61 bits per heavy atom. The average molecular weight is 461 g/mol. The molecule has 0 saturated heterocycles. The molecule has 0 unspecified atom stereocenters. The van der Waals surface area contributed by atoms with Crippen LogP contribution in [0.2, 0.25) is 10.0 Å². The highest BCUT2D eigenvalue weighted by molar-refractivity contribution is 7.95. The third-order valence-electron chi connectivity index (χ3n) is 3.83. The summed E-state index contributed by atoms with van der Waals surface area (Å²) < 4.78 is 37.2. The van der Waals surface area contributed by atoms with Crippen molar-refractivity contribution in [1.29, 1.82) is 0 Å². The summed E-state index contributed by atoms with van der Waals surface area (Å²) in [6.07, 6.45) is 0. The largest absolute Gasteiger partial charge is 0.295 e. The molecule has 0 fully saturated rings. The fourth-order valence-electron chi connectivity index (χ4n) is 2.69. The molecular formula is C17H10Cl2O7S2. The van der Waals surface area contributed by atoms with E-state index >= 15 is 0 Å². The Labute approximate surface area is 173 Å². The van der Waals surface area contributed by atoms with Crippen LogP contribution < -0.4 is 0 Å². The van der Waals surface area contributed by atoms with Crippen LogP contribution in [0.5, 0.6) is 0 Å². The molecule has 11 heteroatoms. The van der Waals surface area contributed by atoms with Gasteiger partial charge in [-0.25, -0.2) is 5.26 Å². The SMILES string of the molecule is O=C(c1ccc2c(S(=O)(=O)O)cccc2c1SOOO)c1c(Cl)cccc1Cl. The number of hydrogen-bond acceptors (Lipinski definition) is 7. The summed E-state index contributed by atoms with van der Waals surface area (Å²) in [5.74, 6) is -0.557. The van der Waals surface area contributed by atoms with Crippen LogP contribution in [0.1, 0.15) is 15.9 Å². The Hall–Kier alpha value is -1.69. The highest BCUT2D eigenvalue weighted by Crippen LogP contribution is 2.37. The van der Waals surface area contributed by atoms with E-state index in [9.17, 15) is 17.8 Å². The first-order chi connectivity index (χ1) is 13.3. The van der Waals surface area contributed by atoms with Gasteiger partial charge in [0.25, 0.3) is 10.1 Å². The fourth-order valence-corrected chi connectivity index (χ4v) is 4.59. The van der Waals surface area contributed by atoms with E-state index in [4.69, 9.17) is 28.5 Å². The highest BCUT2D eigenvalue weighted by Gasteiger charge is 2.24. The van der Waals surface area contributed by atoms with Crippen LogP contribution in [0.3, 0.4) is 0 Å². The normalized spacial score (nSPS) is 11.7. The summed E-state index contributed by atoms with van der Waals surface area (Å²) in [5.41, 5.74) is 0.111. The second-order valence-electron chi connectivity index (χ2n) is 5.42. The zero-order chi connectivity index (χ0) is 20.5. The second-order valence-corrected chi connectivity index (χ2v) is 8.34. The third kappa shape index (κ3) is 4.02. The van der Waals surface area contributed by atoms with Gasteiger partial charge in [0.15, 0.2) is 5.78 Å². The standard InChI is InChI=1S/C17H10Cl2O7S2/c18-12-4-2-5-13(19)15(12)16(20)11-8-7-9-10(17(11)27-26-25-21)3-1-6-14(9)28(22,23)24/h1-8,21H,(H,22,23,24). The minimum atomic E-state index is -4.52. The number of carbonyl (C=O) groups excluding carboxylic acids is 1. The molecule has 0 aliphatic carbocycles. The summed E-state index contributed by atoms with van der Waals surface area (Å²) in [7, 11) is -4.52. The van der Waals surface area contributed by atoms with Gasteiger partial charge in [-0.2, -0.15) is 8.42 Å². The molecule has 0 aliphatic rings. The van der Waals surface area contributed by atoms with Crippen molar-refractivity contribution in [3.05, 3.63) is 69.7 Å². The quantitative estimate of drug-likeness (QED) is 0.173. The molecule has 0 spiro atoms. The molecule has 0 amide bonds. The van der Waals surface area contributed by atoms with E-state index < -0.39 is 15.9 Å². The van der Waals surface area contributed by atoms with Crippen molar-refractivity contribution in [1.82, 2.24) is 0 Å². The maximum atomic E-state index is 13.1. The van der Waals surface area contributed by atoms with E-state index in [1.807, 2.05) is 0 Å². The molecule has 0 aromatic heterocycles. The Bertz CT molecular complexity index is 1160. The number of fused-ring (bicyclic) bond motifs is 1. The van der Waals surface area contributed by atoms with Gasteiger partial charge >= 0.3 is 0 Å². The monoisotopic (exact) mass is 460 g/mol. The van der Waals surface area contributed by atoms with Crippen molar-refractivity contribution in [3.63, 3.8) is 0 Å². The van der Waals surface area contributed by atoms with E-state index in [1.165, 1.54) is 42.5 Å². The fraction of sp³-hybridized carbons (Fsp3) is 0. The van der Waals surface area contributed by atoms with Gasteiger partial charge < -0.3 is 0 Å². The van der Waals surface area contributed by atoms with Crippen molar-refractivity contribution in [2.45, 2.75) is 9.79 Å². The van der Waals surface area contributed by atoms with Crippen molar-refractivity contribution in [3.8, 4) is 0 Å². The van der Waals surface area contributed by atoms with Crippen LogP contribution in [0.25, 0.3) is 10.8 Å². The molecule has 7 nitrogen and oxygen atoms in total. The Morgan fingerprint density at radius 3 is 2.21 bits per heavy atom. The number of rotatable bonds is 6. The average Bonchev–Trinajstić information content (AvgIpc) is 2.64. The molecule has 0 heterocycles. The van der Waals surface area contributed by atoms with Gasteiger partial charge in [-0.05, 0) is 29.7 Å². The Balaban J connectivity index is 2.30. The topological polar surface area (TPSA) is 110 Å². The van der Waals surface area contributed by atoms with Gasteiger partial charge in [0.1, 0.15) is 4.90 Å². The number of halogens is 2. The van der Waals surface area contributed by atoms with E-state index in [0.29, 0.717) is 12.0 Å². The van der Waals surface area contributed by atoms with E-state index in [1.54, 1.807) is 6.07 Å². The van der Waals surface area contributed by atoms with Crippen molar-refractivity contribution in [2.75, 3.05) is 0 Å². The van der Waals surface area contributed by atoms with Gasteiger partial charge in [-0.3, -0.25) is 9.35 Å². The first-order valence-corrected chi connectivity index (χ1v) is 10.4. The smallest absolute Gasteiger partial charge is 0.288 e. The van der Waals surface area contributed by atoms with Crippen LogP contribution in [-0.4, -0.2) is 24.0 Å². The zero-order valence-electron chi connectivity index (χ0n) is 13.6. The minimum absolute atomic E-state index is 0.0443. The summed E-state index contributed by atoms with van der Waals surface area (Å²) in [6.45, 7) is 0. The minimum Gasteiger partial charge on any atom is -0.288 e. The van der Waals surface area contributed by atoms with Crippen LogP contribution in [-0.2, 0) is 19.5 Å². The second kappa shape index (κ2) is 8.36. The lowest BCUT2D eigenvalue weighted by atomic mass is 9.99. The van der Waals surface area contributed by atoms with Gasteiger partial charge in [-0.1, -0.05) is 52.5 Å². The molecule has 0 aliphatic heterocycles. The molecule has 0 atom stereocenters. The predicted octanol–water partition coefficient (Wildman–Crippen LogP) is 5.05. The molecule has 2 N–H and O–H groups in total. The lowest BCUT2D eigenvalue weighted by Crippen LogP contribution is -2.07. The molecule has 0 radical (unpaired) electrons. The number of carbonyl (C=O) groups is 1. The first kappa shape index (κ1) is 21.0. The lowest BCUT2D eigenvalue weighted by Gasteiger charge is -2.13. The molecule has 0 bridgehead atoms. The summed E-state index contributed by atoms with van der Waals surface area (Å²) in [6, 6.07) is 11.4. The highest BCUT2D eigenvalue weighted by atomic mass is 35.5. The lowest BCUT2D eigenvalue weighted by molar-refractivity contribution is -0.432. The van der Waals surface area contributed by atoms with Crippen LogP contribution >= 0.6 is 35.2 Å². The molecular weight excluding hydrogens is 451 g/mol. The van der Waals surface area contributed by atoms with Crippen LogP contribution in [0.4, 0.5) is 0 Å². The van der Waals surface area contributed by atoms with Gasteiger partial charge in [0, 0.05) is 10.9 Å². The summed E-state index contributed by atoms with van der Waals surface area (Å²) in [5, 5.41) is 12.8. The van der Waals surface area contributed by atoms with Gasteiger partial charge in [-0.15, -0.1) is 4.33 Å². The van der Waals surface area contributed by atoms with Crippen LogP contribution in [0.15, 0.2) is 58.3 Å². The maximum absolute atomic E-state index is 13.1. The molecule has 3 aromatic carbocycles. The van der Waals surface area contributed by atoms with Crippen LogP contribution in [0, 0.1) is 0 Å². The van der Waals surface area contributed by atoms with Gasteiger partial charge in [0.05, 0.1) is 32.5 Å². The van der Waals surface area contributed by atoms with Crippen molar-refractivity contribution in [2.24, 2.45) is 0 Å². The zero-order valence-corrected chi connectivity index (χ0v) is 16.8. The Morgan fingerprint density at radius 1 is 0.964 bits per heavy atom. The molecule has 0 saturated carbocycles. The number of hydrogen-bond donors (Lipinski definition) is 2. The van der Waals surface area contributed by atoms with Crippen molar-refractivity contribution >= 4 is 61.9 Å². The van der Waals surface area contributed by atoms with E-state index in [2.05, 4.69) is 9.37 Å². The molecule has 28 heavy (non-hydrogen) atoms. The van der Waals surface area contributed by atoms with Gasteiger partial charge in [0.2, 0.25) is 0 Å². The van der Waals surface area contributed by atoms with E-state index in [-0.39, 0.29) is 41.7 Å². The maximum Gasteiger partial charge on any atom is 0.295 e. The third-order valence-corrected chi connectivity index (χ3v) is 6.11.